The minimum absolute atomic E-state index is 0.00724. The van der Waals surface area contributed by atoms with Crippen LogP contribution in [-0.2, 0) is 14.3 Å². The summed E-state index contributed by atoms with van der Waals surface area (Å²) in [7, 11) is 0. The number of aromatic nitrogens is 1. The molecule has 3 aliphatic rings. The molecule has 0 aromatic carbocycles. The van der Waals surface area contributed by atoms with Crippen molar-refractivity contribution < 1.29 is 37.3 Å². The Hall–Kier alpha value is -2.20. The molecule has 30 heavy (non-hydrogen) atoms. The van der Waals surface area contributed by atoms with Crippen molar-refractivity contribution in [3.8, 4) is 0 Å². The van der Waals surface area contributed by atoms with E-state index in [0.717, 1.165) is 37.5 Å². The molecule has 0 radical (unpaired) electrons. The molecule has 0 bridgehead atoms. The van der Waals surface area contributed by atoms with Gasteiger partial charge in [-0.2, -0.15) is 13.2 Å². The summed E-state index contributed by atoms with van der Waals surface area (Å²) in [5.41, 5.74) is 1.38. The summed E-state index contributed by atoms with van der Waals surface area (Å²) in [6.07, 6.45) is 1.28. The highest BCUT2D eigenvalue weighted by atomic mass is 19.4. The normalized spacial score (nSPS) is 25.9. The average Bonchev–Trinajstić information content (AvgIpc) is 3.30. The van der Waals surface area contributed by atoms with E-state index in [1.165, 1.54) is 12.8 Å². The number of pyridine rings is 1. The van der Waals surface area contributed by atoms with Gasteiger partial charge in [0.05, 0.1) is 24.9 Å². The Kier molecular flexibility index (Phi) is 6.66. The van der Waals surface area contributed by atoms with Crippen molar-refractivity contribution in [2.75, 3.05) is 26.3 Å². The number of alkyl halides is 3. The second-order valence-electron chi connectivity index (χ2n) is 8.10. The minimum Gasteiger partial charge on any atom is -0.475 e. The molecule has 2 atom stereocenters. The van der Waals surface area contributed by atoms with E-state index in [1.54, 1.807) is 12.3 Å². The number of aliphatic carboxylic acids is 1. The van der Waals surface area contributed by atoms with Crippen LogP contribution in [0.1, 0.15) is 41.7 Å². The largest absolute Gasteiger partial charge is 0.490 e. The van der Waals surface area contributed by atoms with Crippen molar-refractivity contribution >= 4 is 11.9 Å². The van der Waals surface area contributed by atoms with Crippen molar-refractivity contribution in [2.24, 2.45) is 5.92 Å². The minimum atomic E-state index is -5.08. The van der Waals surface area contributed by atoms with E-state index in [-0.39, 0.29) is 17.6 Å². The number of carboxylic acid groups (broad SMARTS) is 1. The molecule has 1 aromatic rings. The first kappa shape index (κ1) is 22.5. The molecule has 2 aliphatic heterocycles. The fourth-order valence-electron chi connectivity index (χ4n) is 3.52. The topological polar surface area (TPSA) is 89.0 Å². The first-order chi connectivity index (χ1) is 14.1. The number of carboxylic acids is 1. The summed E-state index contributed by atoms with van der Waals surface area (Å²) >= 11 is 0. The lowest BCUT2D eigenvalue weighted by molar-refractivity contribution is -0.192. The van der Waals surface area contributed by atoms with Crippen molar-refractivity contribution in [3.63, 3.8) is 0 Å². The second kappa shape index (κ2) is 8.89. The molecule has 1 aromatic heterocycles. The van der Waals surface area contributed by atoms with Gasteiger partial charge in [-0.1, -0.05) is 6.07 Å². The predicted molar refractivity (Wildman–Crippen MR) is 98.9 cm³/mol. The predicted octanol–water partition coefficient (Wildman–Crippen LogP) is 2.82. The molecule has 1 amide bonds. The molecular formula is C20H25F3N2O5. The van der Waals surface area contributed by atoms with Crippen LogP contribution >= 0.6 is 0 Å². The maximum atomic E-state index is 12.6. The number of likely N-dealkylation sites (tertiary alicyclic amines) is 1. The highest BCUT2D eigenvalue weighted by Gasteiger charge is 2.47. The van der Waals surface area contributed by atoms with Crippen LogP contribution < -0.4 is 0 Å². The van der Waals surface area contributed by atoms with Crippen LogP contribution in [0.5, 0.6) is 0 Å². The summed E-state index contributed by atoms with van der Waals surface area (Å²) < 4.78 is 43.8. The first-order valence-electron chi connectivity index (χ1n) is 9.86. The van der Waals surface area contributed by atoms with E-state index in [1.807, 2.05) is 17.9 Å². The van der Waals surface area contributed by atoms with E-state index >= 15 is 0 Å². The van der Waals surface area contributed by atoms with E-state index < -0.39 is 12.1 Å². The van der Waals surface area contributed by atoms with Crippen LogP contribution in [0.15, 0.2) is 18.3 Å². The van der Waals surface area contributed by atoms with Crippen molar-refractivity contribution in [1.29, 1.82) is 0 Å². The number of hydrogen-bond acceptors (Lipinski definition) is 5. The Balaban J connectivity index is 0.000000318. The highest BCUT2D eigenvalue weighted by molar-refractivity contribution is 5.92. The quantitative estimate of drug-likeness (QED) is 0.790. The van der Waals surface area contributed by atoms with Crippen LogP contribution in [-0.4, -0.2) is 71.1 Å². The number of ether oxygens (including phenoxy) is 2. The zero-order chi connectivity index (χ0) is 21.9. The first-order valence-corrected chi connectivity index (χ1v) is 9.86. The summed E-state index contributed by atoms with van der Waals surface area (Å²) in [5.74, 6) is -1.97. The van der Waals surface area contributed by atoms with Gasteiger partial charge in [0.2, 0.25) is 0 Å². The third kappa shape index (κ3) is 5.91. The summed E-state index contributed by atoms with van der Waals surface area (Å²) in [5, 5.41) is 7.12. The fourth-order valence-corrected chi connectivity index (χ4v) is 3.52. The van der Waals surface area contributed by atoms with Gasteiger partial charge in [0.25, 0.3) is 5.91 Å². The van der Waals surface area contributed by atoms with E-state index in [0.29, 0.717) is 18.8 Å². The van der Waals surface area contributed by atoms with Gasteiger partial charge in [-0.25, -0.2) is 4.79 Å². The monoisotopic (exact) mass is 430 g/mol. The number of carbonyl (C=O) groups excluding carboxylic acids is 1. The van der Waals surface area contributed by atoms with Crippen LogP contribution in [0.3, 0.4) is 0 Å². The van der Waals surface area contributed by atoms with Crippen molar-refractivity contribution in [1.82, 2.24) is 9.88 Å². The van der Waals surface area contributed by atoms with Crippen LogP contribution in [0.25, 0.3) is 0 Å². The van der Waals surface area contributed by atoms with Gasteiger partial charge in [0, 0.05) is 25.8 Å². The lowest BCUT2D eigenvalue weighted by Gasteiger charge is -2.23. The van der Waals surface area contributed by atoms with E-state index in [2.05, 4.69) is 4.98 Å². The standard InChI is InChI=1S/C18H24N2O3.C2HF3O2/c1-13-2-5-16(19-9-13)17(21)20-7-6-18(12-20)8-15(11-23-18)22-10-14-3-4-14;3-2(4,5)1(6)7/h2,5,9,14-15H,3-4,6-8,10-12H2,1H3;(H,6,7)/t15-,18+;/m1./s1. The molecule has 7 nitrogen and oxygen atoms in total. The SMILES string of the molecule is Cc1ccc(C(=O)N2CC[C@]3(C[C@@H](OCC4CC4)CO3)C2)nc1.O=C(O)C(F)(F)F. The van der Waals surface area contributed by atoms with Crippen LogP contribution in [0, 0.1) is 12.8 Å². The van der Waals surface area contributed by atoms with Gasteiger partial charge in [0.15, 0.2) is 0 Å². The number of rotatable bonds is 4. The van der Waals surface area contributed by atoms with Gasteiger partial charge in [-0.3, -0.25) is 9.78 Å². The second-order valence-corrected chi connectivity index (χ2v) is 8.10. The molecule has 1 spiro atoms. The Morgan fingerprint density at radius 1 is 1.37 bits per heavy atom. The average molecular weight is 430 g/mol. The molecule has 4 rings (SSSR count). The number of nitrogens with zero attached hydrogens (tertiary/aromatic N) is 2. The third-order valence-electron chi connectivity index (χ3n) is 5.42. The molecule has 10 heteroatoms. The van der Waals surface area contributed by atoms with Gasteiger partial charge in [-0.05, 0) is 43.7 Å². The number of hydrogen-bond donors (Lipinski definition) is 1. The molecule has 166 valence electrons. The molecule has 0 unspecified atom stereocenters. The van der Waals surface area contributed by atoms with E-state index in [4.69, 9.17) is 19.4 Å². The van der Waals surface area contributed by atoms with Crippen LogP contribution in [0.2, 0.25) is 0 Å². The van der Waals surface area contributed by atoms with Gasteiger partial charge in [-0.15, -0.1) is 0 Å². The summed E-state index contributed by atoms with van der Waals surface area (Å²) in [6.45, 7) is 4.91. The Labute approximate surface area is 172 Å². The Bertz CT molecular complexity index is 767. The Morgan fingerprint density at radius 2 is 2.07 bits per heavy atom. The number of amides is 1. The van der Waals surface area contributed by atoms with Gasteiger partial charge < -0.3 is 19.5 Å². The smallest absolute Gasteiger partial charge is 0.475 e. The summed E-state index contributed by atoms with van der Waals surface area (Å²) in [6, 6.07) is 3.74. The lowest BCUT2D eigenvalue weighted by atomic mass is 9.98. The molecule has 1 saturated carbocycles. The highest BCUT2D eigenvalue weighted by Crippen LogP contribution is 2.38. The van der Waals surface area contributed by atoms with Gasteiger partial charge >= 0.3 is 12.1 Å². The molecule has 2 saturated heterocycles. The molecular weight excluding hydrogens is 405 g/mol. The zero-order valence-corrected chi connectivity index (χ0v) is 16.7. The van der Waals surface area contributed by atoms with Crippen molar-refractivity contribution in [2.45, 2.75) is 50.5 Å². The number of halogens is 3. The molecule has 3 heterocycles. The molecule has 3 fully saturated rings. The maximum absolute atomic E-state index is 12.6. The number of aryl methyl sites for hydroxylation is 1. The Morgan fingerprint density at radius 3 is 2.63 bits per heavy atom. The van der Waals surface area contributed by atoms with Gasteiger partial charge in [0.1, 0.15) is 5.69 Å². The number of carbonyl (C=O) groups is 2. The maximum Gasteiger partial charge on any atom is 0.490 e. The van der Waals surface area contributed by atoms with Crippen molar-refractivity contribution in [3.05, 3.63) is 29.6 Å². The molecule has 1 aliphatic carbocycles. The van der Waals surface area contributed by atoms with Crippen LogP contribution in [0.4, 0.5) is 13.2 Å². The lowest BCUT2D eigenvalue weighted by Crippen LogP contribution is -2.36. The fraction of sp³-hybridized carbons (Fsp3) is 0.650. The van der Waals surface area contributed by atoms with E-state index in [9.17, 15) is 18.0 Å². The third-order valence-corrected chi connectivity index (χ3v) is 5.42. The zero-order valence-electron chi connectivity index (χ0n) is 16.7. The summed E-state index contributed by atoms with van der Waals surface area (Å²) in [4.78, 5) is 27.6. The molecule has 1 N–H and O–H groups in total.